The van der Waals surface area contributed by atoms with E-state index in [0.717, 1.165) is 18.4 Å². The zero-order valence-corrected chi connectivity index (χ0v) is 11.1. The van der Waals surface area contributed by atoms with Crippen LogP contribution in [0.2, 0.25) is 0 Å². The maximum Gasteiger partial charge on any atom is 0.0852 e. The van der Waals surface area contributed by atoms with Gasteiger partial charge in [-0.1, -0.05) is 66.7 Å². The fourth-order valence-corrected chi connectivity index (χ4v) is 2.28. The topological polar surface area (TPSA) is 20.2 Å². The van der Waals surface area contributed by atoms with Crippen molar-refractivity contribution in [3.05, 3.63) is 84.4 Å². The summed E-state index contributed by atoms with van der Waals surface area (Å²) in [5, 5.41) is 10.4. The maximum absolute atomic E-state index is 10.4. The molecular formula is C18H20O. The third-order valence-corrected chi connectivity index (χ3v) is 3.46. The average Bonchev–Trinajstić information content (AvgIpc) is 2.49. The fourth-order valence-electron chi connectivity index (χ4n) is 2.28. The van der Waals surface area contributed by atoms with Gasteiger partial charge in [0.2, 0.25) is 0 Å². The van der Waals surface area contributed by atoms with Crippen LogP contribution in [0.3, 0.4) is 0 Å². The molecule has 0 fully saturated rings. The van der Waals surface area contributed by atoms with E-state index in [-0.39, 0.29) is 5.92 Å². The lowest BCUT2D eigenvalue weighted by molar-refractivity contribution is 0.127. The number of hydrogen-bond acceptors (Lipinski definition) is 1. The Labute approximate surface area is 115 Å². The van der Waals surface area contributed by atoms with Gasteiger partial charge >= 0.3 is 0 Å². The van der Waals surface area contributed by atoms with Crippen LogP contribution in [0.5, 0.6) is 0 Å². The van der Waals surface area contributed by atoms with E-state index in [1.807, 2.05) is 54.6 Å². The summed E-state index contributed by atoms with van der Waals surface area (Å²) >= 11 is 0. The highest BCUT2D eigenvalue weighted by atomic mass is 16.3. The van der Waals surface area contributed by atoms with Crippen LogP contribution in [0, 0.1) is 5.92 Å². The number of hydrogen-bond donors (Lipinski definition) is 1. The summed E-state index contributed by atoms with van der Waals surface area (Å²) in [6.45, 7) is 3.86. The van der Waals surface area contributed by atoms with Gasteiger partial charge in [-0.15, -0.1) is 6.58 Å². The monoisotopic (exact) mass is 252 g/mol. The normalized spacial score (nSPS) is 13.7. The number of rotatable bonds is 6. The molecule has 2 aromatic rings. The molecule has 98 valence electrons. The second-order valence-electron chi connectivity index (χ2n) is 4.78. The Morgan fingerprint density at radius 1 is 0.947 bits per heavy atom. The molecule has 0 heterocycles. The minimum Gasteiger partial charge on any atom is -0.388 e. The molecule has 0 amide bonds. The molecule has 2 atom stereocenters. The van der Waals surface area contributed by atoms with Gasteiger partial charge < -0.3 is 5.11 Å². The third kappa shape index (κ3) is 3.80. The predicted molar refractivity (Wildman–Crippen MR) is 79.9 cm³/mol. The van der Waals surface area contributed by atoms with Gasteiger partial charge in [-0.25, -0.2) is 0 Å². The van der Waals surface area contributed by atoms with E-state index >= 15 is 0 Å². The van der Waals surface area contributed by atoms with Gasteiger partial charge in [0.15, 0.2) is 0 Å². The van der Waals surface area contributed by atoms with Crippen molar-refractivity contribution in [2.24, 2.45) is 5.92 Å². The van der Waals surface area contributed by atoms with Crippen LogP contribution < -0.4 is 0 Å². The van der Waals surface area contributed by atoms with Crippen LogP contribution in [-0.2, 0) is 6.42 Å². The van der Waals surface area contributed by atoms with Crippen LogP contribution in [-0.4, -0.2) is 5.11 Å². The van der Waals surface area contributed by atoms with Gasteiger partial charge in [-0.2, -0.15) is 0 Å². The molecule has 2 aromatic carbocycles. The van der Waals surface area contributed by atoms with E-state index in [2.05, 4.69) is 18.7 Å². The first kappa shape index (κ1) is 13.6. The van der Waals surface area contributed by atoms with Crippen LogP contribution in [0.15, 0.2) is 73.3 Å². The highest BCUT2D eigenvalue weighted by Gasteiger charge is 2.17. The minimum absolute atomic E-state index is 0.0857. The predicted octanol–water partition coefficient (Wildman–Crippen LogP) is 4.16. The maximum atomic E-state index is 10.4. The first-order chi connectivity index (χ1) is 9.31. The molecule has 0 aliphatic rings. The smallest absolute Gasteiger partial charge is 0.0852 e. The van der Waals surface area contributed by atoms with Gasteiger partial charge in [-0.3, -0.25) is 0 Å². The van der Waals surface area contributed by atoms with Crippen molar-refractivity contribution in [3.8, 4) is 0 Å². The lowest BCUT2D eigenvalue weighted by Crippen LogP contribution is -2.11. The number of aliphatic hydroxyl groups is 1. The fraction of sp³-hybridized carbons (Fsp3) is 0.222. The first-order valence-electron chi connectivity index (χ1n) is 6.70. The van der Waals surface area contributed by atoms with Crippen LogP contribution in [0.4, 0.5) is 0 Å². The van der Waals surface area contributed by atoms with Crippen molar-refractivity contribution in [3.63, 3.8) is 0 Å². The molecule has 0 saturated carbocycles. The minimum atomic E-state index is -0.470. The Bertz CT molecular complexity index is 490. The Balaban J connectivity index is 1.99. The van der Waals surface area contributed by atoms with Gasteiger partial charge in [0, 0.05) is 5.92 Å². The van der Waals surface area contributed by atoms with Crippen molar-refractivity contribution in [2.75, 3.05) is 0 Å². The lowest BCUT2D eigenvalue weighted by atomic mass is 9.90. The Morgan fingerprint density at radius 2 is 1.53 bits per heavy atom. The number of aliphatic hydroxyl groups excluding tert-OH is 1. The van der Waals surface area contributed by atoms with Gasteiger partial charge in [-0.05, 0) is 24.0 Å². The van der Waals surface area contributed by atoms with Crippen molar-refractivity contribution in [1.82, 2.24) is 0 Å². The van der Waals surface area contributed by atoms with E-state index in [0.29, 0.717) is 0 Å². The Hall–Kier alpha value is -1.86. The second kappa shape index (κ2) is 6.91. The third-order valence-electron chi connectivity index (χ3n) is 3.46. The van der Waals surface area contributed by atoms with E-state index in [1.165, 1.54) is 5.56 Å². The molecule has 0 bridgehead atoms. The van der Waals surface area contributed by atoms with E-state index in [1.54, 1.807) is 0 Å². The standard InChI is InChI=1S/C18H20O/c1-2-16(14-13-15-9-5-3-6-10-15)18(19)17-11-7-4-8-12-17/h2-12,16,18-19H,1,13-14H2/t16-,18+/m0/s1. The molecule has 1 N–H and O–H groups in total. The van der Waals surface area contributed by atoms with Crippen molar-refractivity contribution >= 4 is 0 Å². The zero-order valence-electron chi connectivity index (χ0n) is 11.1. The lowest BCUT2D eigenvalue weighted by Gasteiger charge is -2.20. The largest absolute Gasteiger partial charge is 0.388 e. The number of aryl methyl sites for hydroxylation is 1. The van der Waals surface area contributed by atoms with E-state index in [9.17, 15) is 5.11 Å². The molecular weight excluding hydrogens is 232 g/mol. The molecule has 0 spiro atoms. The van der Waals surface area contributed by atoms with Gasteiger partial charge in [0.1, 0.15) is 0 Å². The highest BCUT2D eigenvalue weighted by Crippen LogP contribution is 2.26. The summed E-state index contributed by atoms with van der Waals surface area (Å²) < 4.78 is 0. The van der Waals surface area contributed by atoms with Crippen LogP contribution in [0.1, 0.15) is 23.7 Å². The van der Waals surface area contributed by atoms with Crippen LogP contribution in [0.25, 0.3) is 0 Å². The summed E-state index contributed by atoms with van der Waals surface area (Å²) in [7, 11) is 0. The van der Waals surface area contributed by atoms with Gasteiger partial charge in [0.05, 0.1) is 6.10 Å². The first-order valence-corrected chi connectivity index (χ1v) is 6.70. The summed E-state index contributed by atoms with van der Waals surface area (Å²) in [5.41, 5.74) is 2.26. The summed E-state index contributed by atoms with van der Waals surface area (Å²) in [5.74, 6) is 0.0857. The molecule has 2 rings (SSSR count). The average molecular weight is 252 g/mol. The molecule has 0 aromatic heterocycles. The zero-order chi connectivity index (χ0) is 13.5. The molecule has 0 radical (unpaired) electrons. The molecule has 0 aliphatic heterocycles. The summed E-state index contributed by atoms with van der Waals surface area (Å²) in [6, 6.07) is 20.2. The number of benzene rings is 2. The van der Waals surface area contributed by atoms with E-state index < -0.39 is 6.10 Å². The van der Waals surface area contributed by atoms with E-state index in [4.69, 9.17) is 0 Å². The quantitative estimate of drug-likeness (QED) is 0.765. The molecule has 1 nitrogen and oxygen atoms in total. The van der Waals surface area contributed by atoms with Gasteiger partial charge in [0.25, 0.3) is 0 Å². The molecule has 19 heavy (non-hydrogen) atoms. The van der Waals surface area contributed by atoms with Crippen molar-refractivity contribution < 1.29 is 5.11 Å². The molecule has 1 heteroatoms. The molecule has 0 unspecified atom stereocenters. The van der Waals surface area contributed by atoms with Crippen molar-refractivity contribution in [2.45, 2.75) is 18.9 Å². The van der Waals surface area contributed by atoms with Crippen molar-refractivity contribution in [1.29, 1.82) is 0 Å². The summed E-state index contributed by atoms with van der Waals surface area (Å²) in [6.07, 6.45) is 3.26. The Kier molecular flexibility index (Phi) is 4.93. The Morgan fingerprint density at radius 3 is 2.11 bits per heavy atom. The second-order valence-corrected chi connectivity index (χ2v) is 4.78. The molecule has 0 aliphatic carbocycles. The summed E-state index contributed by atoms with van der Waals surface area (Å²) in [4.78, 5) is 0. The van der Waals surface area contributed by atoms with Crippen LogP contribution >= 0.6 is 0 Å². The molecule has 0 saturated heterocycles. The highest BCUT2D eigenvalue weighted by molar-refractivity contribution is 5.20. The SMILES string of the molecule is C=C[C@@H](CCc1ccccc1)[C@@H](O)c1ccccc1.